The van der Waals surface area contributed by atoms with Gasteiger partial charge in [0.15, 0.2) is 11.6 Å². The maximum absolute atomic E-state index is 12.7. The molecule has 1 aliphatic carbocycles. The standard InChI is InChI=1S/C18H20O2/c1-3-5-6-9-13-18(12-4-2)16(19)14-10-7-8-11-15(14)17(18)20/h4,6-11H,2-3,5,12-13H2,1H3. The fourth-order valence-corrected chi connectivity index (χ4v) is 2.77. The largest absolute Gasteiger partial charge is 0.293 e. The summed E-state index contributed by atoms with van der Waals surface area (Å²) < 4.78 is 0. The van der Waals surface area contributed by atoms with Crippen molar-refractivity contribution >= 4 is 11.6 Å². The minimum atomic E-state index is -0.963. The first-order valence-electron chi connectivity index (χ1n) is 7.12. The number of rotatable bonds is 6. The van der Waals surface area contributed by atoms with Crippen molar-refractivity contribution in [2.75, 3.05) is 0 Å². The van der Waals surface area contributed by atoms with Crippen molar-refractivity contribution in [2.45, 2.75) is 32.6 Å². The highest BCUT2D eigenvalue weighted by Crippen LogP contribution is 2.42. The summed E-state index contributed by atoms with van der Waals surface area (Å²) in [6.07, 6.45) is 8.59. The average Bonchev–Trinajstić information content (AvgIpc) is 2.68. The van der Waals surface area contributed by atoms with E-state index < -0.39 is 5.41 Å². The highest BCUT2D eigenvalue weighted by molar-refractivity contribution is 6.29. The summed E-state index contributed by atoms with van der Waals surface area (Å²) in [6, 6.07) is 7.11. The van der Waals surface area contributed by atoms with Gasteiger partial charge in [-0.1, -0.05) is 55.8 Å². The third kappa shape index (κ3) is 2.26. The maximum atomic E-state index is 12.7. The van der Waals surface area contributed by atoms with E-state index in [1.54, 1.807) is 30.3 Å². The summed E-state index contributed by atoms with van der Waals surface area (Å²) in [5.41, 5.74) is 0.154. The monoisotopic (exact) mass is 268 g/mol. The van der Waals surface area contributed by atoms with Crippen LogP contribution >= 0.6 is 0 Å². The summed E-state index contributed by atoms with van der Waals surface area (Å²) in [7, 11) is 0. The van der Waals surface area contributed by atoms with Crippen molar-refractivity contribution < 1.29 is 9.59 Å². The molecule has 2 rings (SSSR count). The van der Waals surface area contributed by atoms with Crippen LogP contribution in [0, 0.1) is 5.41 Å². The lowest BCUT2D eigenvalue weighted by atomic mass is 9.76. The minimum Gasteiger partial charge on any atom is -0.293 e. The second kappa shape index (κ2) is 6.00. The van der Waals surface area contributed by atoms with Crippen LogP contribution < -0.4 is 0 Å². The number of carbonyl (C=O) groups is 2. The zero-order chi connectivity index (χ0) is 14.6. The average molecular weight is 268 g/mol. The zero-order valence-corrected chi connectivity index (χ0v) is 11.9. The predicted molar refractivity (Wildman–Crippen MR) is 81.0 cm³/mol. The lowest BCUT2D eigenvalue weighted by molar-refractivity contribution is 0.0703. The molecule has 0 radical (unpaired) electrons. The van der Waals surface area contributed by atoms with Gasteiger partial charge in [0.1, 0.15) is 5.41 Å². The molecule has 104 valence electrons. The van der Waals surface area contributed by atoms with Crippen LogP contribution in [0.1, 0.15) is 53.3 Å². The molecule has 0 bridgehead atoms. The fraction of sp³-hybridized carbons (Fsp3) is 0.333. The molecule has 20 heavy (non-hydrogen) atoms. The smallest absolute Gasteiger partial charge is 0.178 e. The number of ketones is 2. The Morgan fingerprint density at radius 1 is 1.05 bits per heavy atom. The number of allylic oxidation sites excluding steroid dienone is 3. The van der Waals surface area contributed by atoms with Gasteiger partial charge in [0.25, 0.3) is 0 Å². The van der Waals surface area contributed by atoms with Crippen LogP contribution in [0.15, 0.2) is 49.1 Å². The molecule has 0 unspecified atom stereocenters. The van der Waals surface area contributed by atoms with Crippen molar-refractivity contribution in [1.29, 1.82) is 0 Å². The molecule has 2 heteroatoms. The van der Waals surface area contributed by atoms with E-state index in [9.17, 15) is 9.59 Å². The lowest BCUT2D eigenvalue weighted by Crippen LogP contribution is -2.32. The molecule has 0 spiro atoms. The number of Topliss-reactive ketones (excluding diaryl/α,β-unsaturated/α-hetero) is 2. The lowest BCUT2D eigenvalue weighted by Gasteiger charge is -2.22. The van der Waals surface area contributed by atoms with Gasteiger partial charge in [-0.3, -0.25) is 9.59 Å². The molecule has 0 atom stereocenters. The molecule has 0 saturated heterocycles. The second-order valence-corrected chi connectivity index (χ2v) is 5.24. The van der Waals surface area contributed by atoms with Gasteiger partial charge in [-0.05, 0) is 19.3 Å². The molecule has 0 aliphatic heterocycles. The van der Waals surface area contributed by atoms with E-state index in [2.05, 4.69) is 13.5 Å². The van der Waals surface area contributed by atoms with E-state index in [-0.39, 0.29) is 11.6 Å². The van der Waals surface area contributed by atoms with Gasteiger partial charge in [0.05, 0.1) is 0 Å². The third-order valence-corrected chi connectivity index (χ3v) is 3.87. The first kappa shape index (κ1) is 14.4. The molecule has 0 heterocycles. The number of benzene rings is 1. The van der Waals surface area contributed by atoms with Crippen LogP contribution in [0.25, 0.3) is 0 Å². The topological polar surface area (TPSA) is 34.1 Å². The summed E-state index contributed by atoms with van der Waals surface area (Å²) in [4.78, 5) is 25.4. The third-order valence-electron chi connectivity index (χ3n) is 3.87. The Balaban J connectivity index is 2.37. The highest BCUT2D eigenvalue weighted by atomic mass is 16.2. The molecule has 1 aliphatic rings. The number of carbonyl (C=O) groups excluding carboxylic acids is 2. The van der Waals surface area contributed by atoms with Crippen LogP contribution in [0.4, 0.5) is 0 Å². The van der Waals surface area contributed by atoms with E-state index in [0.29, 0.717) is 24.0 Å². The molecular formula is C18H20O2. The van der Waals surface area contributed by atoms with E-state index in [0.717, 1.165) is 12.8 Å². The normalized spacial score (nSPS) is 16.6. The summed E-state index contributed by atoms with van der Waals surface area (Å²) >= 11 is 0. The van der Waals surface area contributed by atoms with Gasteiger partial charge in [-0.15, -0.1) is 6.58 Å². The van der Waals surface area contributed by atoms with Crippen LogP contribution in [-0.2, 0) is 0 Å². The Hall–Kier alpha value is -1.96. The quantitative estimate of drug-likeness (QED) is 0.567. The van der Waals surface area contributed by atoms with Gasteiger partial charge in [-0.2, -0.15) is 0 Å². The van der Waals surface area contributed by atoms with Crippen molar-refractivity contribution in [2.24, 2.45) is 5.41 Å². The second-order valence-electron chi connectivity index (χ2n) is 5.24. The van der Waals surface area contributed by atoms with Crippen molar-refractivity contribution in [3.8, 4) is 0 Å². The number of hydrogen-bond acceptors (Lipinski definition) is 2. The SMILES string of the molecule is C=CCC1(CC=CCCC)C(=O)c2ccccc2C1=O. The Labute approximate surface area is 120 Å². The Morgan fingerprint density at radius 3 is 2.15 bits per heavy atom. The summed E-state index contributed by atoms with van der Waals surface area (Å²) in [6.45, 7) is 5.82. The summed E-state index contributed by atoms with van der Waals surface area (Å²) in [5.74, 6) is -0.113. The minimum absolute atomic E-state index is 0.0563. The first-order valence-corrected chi connectivity index (χ1v) is 7.12. The number of fused-ring (bicyclic) bond motifs is 1. The molecule has 2 nitrogen and oxygen atoms in total. The van der Waals surface area contributed by atoms with Gasteiger partial charge in [0, 0.05) is 11.1 Å². The van der Waals surface area contributed by atoms with Gasteiger partial charge < -0.3 is 0 Å². The Kier molecular flexibility index (Phi) is 4.33. The number of hydrogen-bond donors (Lipinski definition) is 0. The molecule has 0 saturated carbocycles. The number of unbranched alkanes of at least 4 members (excludes halogenated alkanes) is 1. The van der Waals surface area contributed by atoms with Gasteiger partial charge in [-0.25, -0.2) is 0 Å². The maximum Gasteiger partial charge on any atom is 0.178 e. The summed E-state index contributed by atoms with van der Waals surface area (Å²) in [5, 5.41) is 0. The molecule has 0 fully saturated rings. The van der Waals surface area contributed by atoms with E-state index in [1.165, 1.54) is 0 Å². The Bertz CT molecular complexity index is 532. The van der Waals surface area contributed by atoms with Crippen LogP contribution in [-0.4, -0.2) is 11.6 Å². The Morgan fingerprint density at radius 2 is 1.65 bits per heavy atom. The van der Waals surface area contributed by atoms with Crippen molar-refractivity contribution in [1.82, 2.24) is 0 Å². The predicted octanol–water partition coefficient (Wildman–Crippen LogP) is 4.37. The van der Waals surface area contributed by atoms with Crippen molar-refractivity contribution in [3.05, 3.63) is 60.2 Å². The zero-order valence-electron chi connectivity index (χ0n) is 11.9. The van der Waals surface area contributed by atoms with E-state index in [1.807, 2.05) is 12.2 Å². The van der Waals surface area contributed by atoms with Crippen LogP contribution in [0.2, 0.25) is 0 Å². The van der Waals surface area contributed by atoms with Gasteiger partial charge in [0.2, 0.25) is 0 Å². The van der Waals surface area contributed by atoms with Gasteiger partial charge >= 0.3 is 0 Å². The fourth-order valence-electron chi connectivity index (χ4n) is 2.77. The molecule has 0 aromatic heterocycles. The highest BCUT2D eigenvalue weighted by Gasteiger charge is 2.50. The molecule has 0 N–H and O–H groups in total. The van der Waals surface area contributed by atoms with Crippen molar-refractivity contribution in [3.63, 3.8) is 0 Å². The molecule has 0 amide bonds. The molecule has 1 aromatic carbocycles. The molecule has 1 aromatic rings. The first-order chi connectivity index (χ1) is 9.67. The van der Waals surface area contributed by atoms with Crippen LogP contribution in [0.3, 0.4) is 0 Å². The molecular weight excluding hydrogens is 248 g/mol. The van der Waals surface area contributed by atoms with Crippen LogP contribution in [0.5, 0.6) is 0 Å². The van der Waals surface area contributed by atoms with E-state index in [4.69, 9.17) is 0 Å². The van der Waals surface area contributed by atoms with E-state index >= 15 is 0 Å².